The largest absolute Gasteiger partial charge is 0.510 e. The Balaban J connectivity index is 5.97. The number of carbonyl (C=O) groups is 1. The number of aliphatic hydroxyl groups is 1. The van der Waals surface area contributed by atoms with Crippen molar-refractivity contribution in [2.24, 2.45) is 16.6 Å². The summed E-state index contributed by atoms with van der Waals surface area (Å²) in [5.41, 5.74) is 3.35. The van der Waals surface area contributed by atoms with Crippen LogP contribution in [0, 0.1) is 22.2 Å². The van der Waals surface area contributed by atoms with Gasteiger partial charge in [0.05, 0.1) is 6.07 Å². The number of amides is 1. The van der Waals surface area contributed by atoms with Crippen molar-refractivity contribution < 1.29 is 9.90 Å². The van der Waals surface area contributed by atoms with E-state index in [1.54, 1.807) is 34.6 Å². The van der Waals surface area contributed by atoms with Crippen LogP contribution in [0.1, 0.15) is 34.6 Å². The van der Waals surface area contributed by atoms with Crippen molar-refractivity contribution in [1.29, 1.82) is 5.26 Å². The number of nitriles is 1. The number of nitrogens with zero attached hydrogens (tertiary/aromatic N) is 1. The van der Waals surface area contributed by atoms with E-state index in [-0.39, 0.29) is 5.76 Å². The number of hydrogen-bond acceptors (Lipinski definition) is 3. The fourth-order valence-corrected chi connectivity index (χ4v) is 1.49. The molecule has 15 heavy (non-hydrogen) atoms. The van der Waals surface area contributed by atoms with Crippen LogP contribution in [-0.2, 0) is 4.79 Å². The maximum Gasteiger partial charge on any atom is 0.246 e. The summed E-state index contributed by atoms with van der Waals surface area (Å²) < 4.78 is 0. The molecule has 1 unspecified atom stereocenters. The molecule has 0 saturated carbocycles. The van der Waals surface area contributed by atoms with Crippen LogP contribution in [0.4, 0.5) is 0 Å². The summed E-state index contributed by atoms with van der Waals surface area (Å²) in [5, 5.41) is 19.1. The first-order chi connectivity index (χ1) is 6.61. The summed E-state index contributed by atoms with van der Waals surface area (Å²) in [5.74, 6) is -1.07. The van der Waals surface area contributed by atoms with E-state index in [4.69, 9.17) is 11.0 Å². The zero-order valence-electron chi connectivity index (χ0n) is 9.88. The predicted molar refractivity (Wildman–Crippen MR) is 57.7 cm³/mol. The van der Waals surface area contributed by atoms with Crippen LogP contribution in [-0.4, -0.2) is 11.0 Å². The van der Waals surface area contributed by atoms with Gasteiger partial charge in [0.1, 0.15) is 5.76 Å². The quantitative estimate of drug-likeness (QED) is 0.682. The van der Waals surface area contributed by atoms with Crippen molar-refractivity contribution in [2.45, 2.75) is 34.6 Å². The Morgan fingerprint density at radius 1 is 1.33 bits per heavy atom. The van der Waals surface area contributed by atoms with E-state index in [1.165, 1.54) is 0 Å². The molecule has 0 saturated heterocycles. The molecule has 0 aliphatic carbocycles. The van der Waals surface area contributed by atoms with Crippen LogP contribution in [0.2, 0.25) is 0 Å². The van der Waals surface area contributed by atoms with E-state index in [1.807, 2.05) is 6.07 Å². The van der Waals surface area contributed by atoms with E-state index in [0.29, 0.717) is 5.57 Å². The molecule has 4 nitrogen and oxygen atoms in total. The summed E-state index contributed by atoms with van der Waals surface area (Å²) in [7, 11) is 0. The van der Waals surface area contributed by atoms with Crippen LogP contribution in [0.15, 0.2) is 11.3 Å². The van der Waals surface area contributed by atoms with Crippen molar-refractivity contribution >= 4 is 5.91 Å². The van der Waals surface area contributed by atoms with Crippen LogP contribution < -0.4 is 5.73 Å². The monoisotopic (exact) mass is 210 g/mol. The number of nitrogens with two attached hydrogens (primary N) is 1. The number of aliphatic hydroxyl groups excluding tert-OH is 1. The standard InChI is InChI=1S/C11H18N2O2/c1-7(2)8(14)11(6-12,9(13)15)10(3,4)5/h14H,1-5H3,(H2,13,15). The number of hydrogen-bond donors (Lipinski definition) is 2. The lowest BCUT2D eigenvalue weighted by Crippen LogP contribution is -2.47. The van der Waals surface area contributed by atoms with E-state index >= 15 is 0 Å². The second-order valence-electron chi connectivity index (χ2n) is 4.82. The zero-order valence-corrected chi connectivity index (χ0v) is 9.88. The van der Waals surface area contributed by atoms with Crippen molar-refractivity contribution in [3.05, 3.63) is 11.3 Å². The summed E-state index contributed by atoms with van der Waals surface area (Å²) >= 11 is 0. The molecule has 0 radical (unpaired) electrons. The highest BCUT2D eigenvalue weighted by atomic mass is 16.3. The molecule has 3 N–H and O–H groups in total. The minimum atomic E-state index is -1.66. The van der Waals surface area contributed by atoms with Gasteiger partial charge in [0.15, 0.2) is 5.41 Å². The molecule has 0 rings (SSSR count). The highest BCUT2D eigenvalue weighted by Crippen LogP contribution is 2.44. The lowest BCUT2D eigenvalue weighted by atomic mass is 9.65. The molecule has 0 bridgehead atoms. The minimum Gasteiger partial charge on any atom is -0.510 e. The highest BCUT2D eigenvalue weighted by molar-refractivity contribution is 5.88. The summed E-state index contributed by atoms with van der Waals surface area (Å²) in [4.78, 5) is 11.5. The van der Waals surface area contributed by atoms with Gasteiger partial charge in [0.25, 0.3) is 0 Å². The maximum absolute atomic E-state index is 11.5. The molecule has 0 heterocycles. The highest BCUT2D eigenvalue weighted by Gasteiger charge is 2.52. The van der Waals surface area contributed by atoms with Gasteiger partial charge in [-0.3, -0.25) is 4.79 Å². The molecule has 1 amide bonds. The van der Waals surface area contributed by atoms with E-state index in [2.05, 4.69) is 0 Å². The van der Waals surface area contributed by atoms with Crippen molar-refractivity contribution in [3.63, 3.8) is 0 Å². The summed E-state index contributed by atoms with van der Waals surface area (Å²) in [6.45, 7) is 8.35. The van der Waals surface area contributed by atoms with Crippen LogP contribution >= 0.6 is 0 Å². The third-order valence-corrected chi connectivity index (χ3v) is 2.49. The first-order valence-electron chi connectivity index (χ1n) is 4.69. The van der Waals surface area contributed by atoms with Crippen LogP contribution in [0.3, 0.4) is 0 Å². The van der Waals surface area contributed by atoms with Crippen LogP contribution in [0.25, 0.3) is 0 Å². The Bertz CT molecular complexity index is 341. The Hall–Kier alpha value is -1.50. The average molecular weight is 210 g/mol. The third kappa shape index (κ3) is 1.96. The number of allylic oxidation sites excluding steroid dienone is 1. The smallest absolute Gasteiger partial charge is 0.246 e. The Morgan fingerprint density at radius 2 is 1.73 bits per heavy atom. The molecule has 4 heteroatoms. The SMILES string of the molecule is CC(C)=C(O)C(C#N)(C(N)=O)C(C)(C)C. The molecule has 0 spiro atoms. The molecular formula is C11H18N2O2. The lowest BCUT2D eigenvalue weighted by Gasteiger charge is -2.36. The summed E-state index contributed by atoms with van der Waals surface area (Å²) in [6, 6.07) is 1.85. The zero-order chi connectivity index (χ0) is 12.4. The third-order valence-electron chi connectivity index (χ3n) is 2.49. The molecule has 84 valence electrons. The molecular weight excluding hydrogens is 192 g/mol. The predicted octanol–water partition coefficient (Wildman–Crippen LogP) is 1.88. The first-order valence-corrected chi connectivity index (χ1v) is 4.69. The number of primary amides is 1. The van der Waals surface area contributed by atoms with Gasteiger partial charge in [0, 0.05) is 0 Å². The normalized spacial score (nSPS) is 14.9. The van der Waals surface area contributed by atoms with Crippen LogP contribution in [0.5, 0.6) is 0 Å². The molecule has 0 aromatic rings. The summed E-state index contributed by atoms with van der Waals surface area (Å²) in [6.07, 6.45) is 0. The van der Waals surface area contributed by atoms with Gasteiger partial charge < -0.3 is 10.8 Å². The number of rotatable bonds is 2. The maximum atomic E-state index is 11.5. The van der Waals surface area contributed by atoms with Gasteiger partial charge >= 0.3 is 0 Å². The Morgan fingerprint density at radius 3 is 1.80 bits per heavy atom. The average Bonchev–Trinajstić information content (AvgIpc) is 2.02. The second-order valence-corrected chi connectivity index (χ2v) is 4.82. The lowest BCUT2D eigenvalue weighted by molar-refractivity contribution is -0.129. The molecule has 0 aromatic carbocycles. The fourth-order valence-electron chi connectivity index (χ4n) is 1.49. The fraction of sp³-hybridized carbons (Fsp3) is 0.636. The van der Waals surface area contributed by atoms with Gasteiger partial charge in [0.2, 0.25) is 5.91 Å². The minimum absolute atomic E-state index is 0.245. The number of carbonyl (C=O) groups excluding carboxylic acids is 1. The molecule has 0 aliphatic rings. The van der Waals surface area contributed by atoms with Crippen molar-refractivity contribution in [3.8, 4) is 6.07 Å². The van der Waals surface area contributed by atoms with Gasteiger partial charge in [-0.2, -0.15) is 5.26 Å². The second kappa shape index (κ2) is 3.93. The van der Waals surface area contributed by atoms with Gasteiger partial charge in [-0.05, 0) is 24.8 Å². The van der Waals surface area contributed by atoms with Crippen molar-refractivity contribution in [1.82, 2.24) is 0 Å². The molecule has 1 atom stereocenters. The molecule has 0 aromatic heterocycles. The van der Waals surface area contributed by atoms with Gasteiger partial charge in [-0.1, -0.05) is 20.8 Å². The molecule has 0 fully saturated rings. The first kappa shape index (κ1) is 13.5. The van der Waals surface area contributed by atoms with E-state index in [9.17, 15) is 9.90 Å². The van der Waals surface area contributed by atoms with Gasteiger partial charge in [-0.15, -0.1) is 0 Å². The van der Waals surface area contributed by atoms with Crippen molar-refractivity contribution in [2.75, 3.05) is 0 Å². The molecule has 0 aliphatic heterocycles. The Kier molecular flexibility index (Phi) is 3.54. The topological polar surface area (TPSA) is 87.1 Å². The van der Waals surface area contributed by atoms with E-state index < -0.39 is 16.7 Å². The van der Waals surface area contributed by atoms with Gasteiger partial charge in [-0.25, -0.2) is 0 Å². The van der Waals surface area contributed by atoms with E-state index in [0.717, 1.165) is 0 Å². The Labute approximate surface area is 90.4 Å².